The molecule has 0 atom stereocenters. The highest BCUT2D eigenvalue weighted by Crippen LogP contribution is 2.18. The van der Waals surface area contributed by atoms with Gasteiger partial charge in [0.1, 0.15) is 0 Å². The number of rotatable bonds is 7. The van der Waals surface area contributed by atoms with Crippen molar-refractivity contribution in [2.45, 2.75) is 38.6 Å². The lowest BCUT2D eigenvalue weighted by molar-refractivity contribution is -0.0590. The minimum absolute atomic E-state index is 0.194. The zero-order chi connectivity index (χ0) is 12.7. The van der Waals surface area contributed by atoms with Crippen LogP contribution in [0.3, 0.4) is 0 Å². The molecule has 0 radical (unpaired) electrons. The van der Waals surface area contributed by atoms with Gasteiger partial charge in [0, 0.05) is 17.2 Å². The molecule has 1 aliphatic carbocycles. The third-order valence-electron chi connectivity index (χ3n) is 2.54. The second-order valence-electron chi connectivity index (χ2n) is 4.74. The lowest BCUT2D eigenvalue weighted by atomic mass is 10.0. The molecule has 17 heavy (non-hydrogen) atoms. The van der Waals surface area contributed by atoms with E-state index in [4.69, 9.17) is 11.6 Å². The van der Waals surface area contributed by atoms with Gasteiger partial charge in [0.2, 0.25) is 0 Å². The zero-order valence-electron chi connectivity index (χ0n) is 10.4. The van der Waals surface area contributed by atoms with Gasteiger partial charge in [-0.3, -0.25) is 5.21 Å². The average molecular weight is 277 g/mol. The summed E-state index contributed by atoms with van der Waals surface area (Å²) in [6, 6.07) is 0. The summed E-state index contributed by atoms with van der Waals surface area (Å²) in [5.41, 5.74) is 4.08. The van der Waals surface area contributed by atoms with Gasteiger partial charge in [-0.1, -0.05) is 22.8 Å². The fourth-order valence-corrected chi connectivity index (χ4v) is 2.76. The van der Waals surface area contributed by atoms with E-state index in [-0.39, 0.29) is 5.54 Å². The first-order valence-electron chi connectivity index (χ1n) is 5.85. The van der Waals surface area contributed by atoms with Crippen LogP contribution in [0.2, 0.25) is 0 Å². The van der Waals surface area contributed by atoms with Crippen LogP contribution < -0.4 is 5.43 Å². The Morgan fingerprint density at radius 1 is 1.53 bits per heavy atom. The molecule has 0 saturated carbocycles. The Balaban J connectivity index is 2.27. The van der Waals surface area contributed by atoms with Crippen LogP contribution >= 0.6 is 23.5 Å². The molecule has 98 valence electrons. The van der Waals surface area contributed by atoms with E-state index in [1.807, 2.05) is 13.8 Å². The number of nitrogens with one attached hydrogen (secondary N) is 1. The molecule has 3 nitrogen and oxygen atoms in total. The van der Waals surface area contributed by atoms with Crippen molar-refractivity contribution < 1.29 is 5.21 Å². The Bertz CT molecular complexity index is 292. The molecule has 0 amide bonds. The van der Waals surface area contributed by atoms with E-state index < -0.39 is 0 Å². The third kappa shape index (κ3) is 6.48. The SMILES string of the molecule is CC(C)(CCCl)NN(O)SCC1=CCCC=C1. The molecule has 0 aromatic rings. The van der Waals surface area contributed by atoms with Gasteiger partial charge in [0.15, 0.2) is 0 Å². The van der Waals surface area contributed by atoms with E-state index in [9.17, 15) is 5.21 Å². The van der Waals surface area contributed by atoms with E-state index in [0.29, 0.717) is 5.88 Å². The maximum absolute atomic E-state index is 9.73. The second kappa shape index (κ2) is 7.44. The van der Waals surface area contributed by atoms with Crippen LogP contribution in [0.25, 0.3) is 0 Å². The number of nitrogens with zero attached hydrogens (tertiary/aromatic N) is 1. The molecule has 5 heteroatoms. The number of alkyl halides is 1. The maximum Gasteiger partial charge on any atom is 0.0365 e. The summed E-state index contributed by atoms with van der Waals surface area (Å²) in [5, 5.41) is 9.73. The largest absolute Gasteiger partial charge is 0.289 e. The van der Waals surface area contributed by atoms with Crippen molar-refractivity contribution in [1.82, 2.24) is 10.0 Å². The van der Waals surface area contributed by atoms with E-state index in [0.717, 1.165) is 29.6 Å². The molecule has 0 aromatic heterocycles. The minimum Gasteiger partial charge on any atom is -0.289 e. The molecule has 0 bridgehead atoms. The highest BCUT2D eigenvalue weighted by Gasteiger charge is 2.19. The summed E-state index contributed by atoms with van der Waals surface area (Å²) >= 11 is 7.05. The van der Waals surface area contributed by atoms with Crippen LogP contribution in [0.5, 0.6) is 0 Å². The number of allylic oxidation sites excluding steroid dienone is 3. The maximum atomic E-state index is 9.73. The number of halogens is 1. The quantitative estimate of drug-likeness (QED) is 0.424. The Morgan fingerprint density at radius 2 is 2.29 bits per heavy atom. The monoisotopic (exact) mass is 276 g/mol. The first-order chi connectivity index (χ1) is 8.03. The molecule has 1 rings (SSSR count). The summed E-state index contributed by atoms with van der Waals surface area (Å²) in [6.45, 7) is 4.03. The lowest BCUT2D eigenvalue weighted by Gasteiger charge is -2.29. The summed E-state index contributed by atoms with van der Waals surface area (Å²) in [5.74, 6) is 1.35. The van der Waals surface area contributed by atoms with Crippen LogP contribution in [-0.2, 0) is 0 Å². The van der Waals surface area contributed by atoms with Crippen LogP contribution in [0.4, 0.5) is 0 Å². The smallest absolute Gasteiger partial charge is 0.0365 e. The van der Waals surface area contributed by atoms with Crippen molar-refractivity contribution in [3.05, 3.63) is 23.8 Å². The molecule has 0 saturated heterocycles. The highest BCUT2D eigenvalue weighted by atomic mass is 35.5. The van der Waals surface area contributed by atoms with Crippen molar-refractivity contribution in [1.29, 1.82) is 0 Å². The summed E-state index contributed by atoms with van der Waals surface area (Å²) < 4.78 is 1.09. The molecule has 2 N–H and O–H groups in total. The van der Waals surface area contributed by atoms with Gasteiger partial charge in [0.05, 0.1) is 0 Å². The Kier molecular flexibility index (Phi) is 6.59. The highest BCUT2D eigenvalue weighted by molar-refractivity contribution is 7.96. The lowest BCUT2D eigenvalue weighted by Crippen LogP contribution is -2.46. The molecule has 0 unspecified atom stereocenters. The molecule has 0 aromatic carbocycles. The van der Waals surface area contributed by atoms with Gasteiger partial charge in [-0.25, -0.2) is 5.43 Å². The van der Waals surface area contributed by atoms with Gasteiger partial charge in [0.25, 0.3) is 0 Å². The van der Waals surface area contributed by atoms with Crippen LogP contribution in [0, 0.1) is 0 Å². The first-order valence-corrected chi connectivity index (χ1v) is 7.32. The predicted molar refractivity (Wildman–Crippen MR) is 75.1 cm³/mol. The number of hydrogen-bond donors (Lipinski definition) is 2. The summed E-state index contributed by atoms with van der Waals surface area (Å²) in [7, 11) is 0. The number of hydrazine groups is 1. The second-order valence-corrected chi connectivity index (χ2v) is 6.01. The van der Waals surface area contributed by atoms with Gasteiger partial charge in [-0.15, -0.1) is 11.6 Å². The Morgan fingerprint density at radius 3 is 2.88 bits per heavy atom. The Hall–Kier alpha value is -0.000000000000000111. The number of hydrogen-bond acceptors (Lipinski definition) is 4. The standard InChI is InChI=1S/C12H21ClN2OS/c1-12(2,8-9-13)14-15(16)17-10-11-6-4-3-5-7-11/h4,6-7,14,16H,3,5,8-10H2,1-2H3. The van der Waals surface area contributed by atoms with Gasteiger partial charge >= 0.3 is 0 Å². The van der Waals surface area contributed by atoms with Crippen molar-refractivity contribution in [3.63, 3.8) is 0 Å². The average Bonchev–Trinajstić information content (AvgIpc) is 2.27. The molecule has 0 fully saturated rings. The molecule has 0 aliphatic heterocycles. The Labute approximate surface area is 113 Å². The zero-order valence-corrected chi connectivity index (χ0v) is 12.0. The van der Waals surface area contributed by atoms with Crippen LogP contribution in [-0.4, -0.2) is 27.0 Å². The first kappa shape index (κ1) is 15.1. The fourth-order valence-electron chi connectivity index (χ4n) is 1.49. The minimum atomic E-state index is -0.194. The van der Waals surface area contributed by atoms with Crippen LogP contribution in [0.1, 0.15) is 33.1 Å². The van der Waals surface area contributed by atoms with Crippen molar-refractivity contribution >= 4 is 23.5 Å². The topological polar surface area (TPSA) is 35.5 Å². The van der Waals surface area contributed by atoms with E-state index in [1.165, 1.54) is 17.5 Å². The van der Waals surface area contributed by atoms with Gasteiger partial charge in [-0.05, 0) is 50.6 Å². The van der Waals surface area contributed by atoms with Crippen molar-refractivity contribution in [3.8, 4) is 0 Å². The third-order valence-corrected chi connectivity index (χ3v) is 3.53. The predicted octanol–water partition coefficient (Wildman–Crippen LogP) is 3.51. The van der Waals surface area contributed by atoms with Crippen LogP contribution in [0.15, 0.2) is 23.8 Å². The molecular formula is C12H21ClN2OS. The molecule has 0 heterocycles. The molecular weight excluding hydrogens is 256 g/mol. The van der Waals surface area contributed by atoms with Crippen molar-refractivity contribution in [2.24, 2.45) is 0 Å². The van der Waals surface area contributed by atoms with E-state index in [1.54, 1.807) is 0 Å². The van der Waals surface area contributed by atoms with Gasteiger partial charge in [-0.2, -0.15) is 0 Å². The summed E-state index contributed by atoms with van der Waals surface area (Å²) in [4.78, 5) is 0. The fraction of sp³-hybridized carbons (Fsp3) is 0.667. The molecule has 0 spiro atoms. The normalized spacial score (nSPS) is 16.4. The van der Waals surface area contributed by atoms with Gasteiger partial charge < -0.3 is 0 Å². The molecule has 1 aliphatic rings. The van der Waals surface area contributed by atoms with E-state index in [2.05, 4.69) is 23.7 Å². The summed E-state index contributed by atoms with van der Waals surface area (Å²) in [6.07, 6.45) is 9.53. The van der Waals surface area contributed by atoms with Crippen molar-refractivity contribution in [2.75, 3.05) is 11.6 Å². The van der Waals surface area contributed by atoms with E-state index >= 15 is 0 Å².